The number of aromatic nitrogens is 1. The molecule has 1 rings (SSSR count). The smallest absolute Gasteiger partial charge is 0.360 e. The molecule has 1 heterocycles. The van der Waals surface area contributed by atoms with Gasteiger partial charge in [0.2, 0.25) is 11.6 Å². The number of carboxylic acid groups (broad SMARTS) is 1. The second-order valence-electron chi connectivity index (χ2n) is 2.75. The highest BCUT2D eigenvalue weighted by Gasteiger charge is 2.22. The van der Waals surface area contributed by atoms with Crippen molar-refractivity contribution in [1.29, 1.82) is 0 Å². The summed E-state index contributed by atoms with van der Waals surface area (Å²) < 4.78 is 0.0677. The van der Waals surface area contributed by atoms with Crippen LogP contribution in [0.4, 0.5) is 5.13 Å². The number of anilines is 1. The summed E-state index contributed by atoms with van der Waals surface area (Å²) in [4.78, 5) is 30.2. The van der Waals surface area contributed by atoms with E-state index in [9.17, 15) is 9.59 Å². The summed E-state index contributed by atoms with van der Waals surface area (Å²) in [6.45, 7) is 0. The molecule has 0 fully saturated rings. The molecule has 0 aromatic carbocycles. The summed E-state index contributed by atoms with van der Waals surface area (Å²) in [6.07, 6.45) is 0. The van der Waals surface area contributed by atoms with E-state index in [2.05, 4.69) is 20.3 Å². The van der Waals surface area contributed by atoms with Gasteiger partial charge in [-0.15, -0.1) is 11.6 Å². The van der Waals surface area contributed by atoms with Crippen LogP contribution in [-0.2, 0) is 14.4 Å². The molecule has 1 amide bonds. The van der Waals surface area contributed by atoms with Crippen LogP contribution in [0, 0.1) is 0 Å². The summed E-state index contributed by atoms with van der Waals surface area (Å²) in [5, 5.41) is 14.7. The molecule has 98 valence electrons. The normalized spacial score (nSPS) is 11.2. The summed E-state index contributed by atoms with van der Waals surface area (Å²) in [7, 11) is 1.19. The van der Waals surface area contributed by atoms with Crippen molar-refractivity contribution < 1.29 is 19.5 Å². The Morgan fingerprint density at radius 3 is 2.78 bits per heavy atom. The van der Waals surface area contributed by atoms with Crippen molar-refractivity contribution in [3.05, 3.63) is 10.0 Å². The fourth-order valence-electron chi connectivity index (χ4n) is 0.929. The van der Waals surface area contributed by atoms with E-state index in [0.717, 1.165) is 11.3 Å². The zero-order valence-electron chi connectivity index (χ0n) is 8.94. The van der Waals surface area contributed by atoms with Gasteiger partial charge >= 0.3 is 5.97 Å². The van der Waals surface area contributed by atoms with Crippen molar-refractivity contribution in [3.8, 4) is 0 Å². The number of nitrogens with zero attached hydrogens (tertiary/aromatic N) is 2. The monoisotopic (exact) mass is 311 g/mol. The molecule has 10 heteroatoms. The maximum atomic E-state index is 11.0. The van der Waals surface area contributed by atoms with Crippen molar-refractivity contribution in [2.45, 2.75) is 0 Å². The van der Waals surface area contributed by atoms with Crippen LogP contribution in [0.25, 0.3) is 0 Å². The van der Waals surface area contributed by atoms with Gasteiger partial charge in [-0.25, -0.2) is 9.78 Å². The van der Waals surface area contributed by atoms with Gasteiger partial charge in [0, 0.05) is 0 Å². The fraction of sp³-hybridized carbons (Fsp3) is 0.250. The molecule has 1 aromatic heterocycles. The molecular weight excluding hydrogens is 305 g/mol. The standard InChI is InChI=1S/C8H7Cl2N3O4S/c1-17-13-5(7(15)16)4-6(10)18-8(12-4)11-3(14)2-9/h2H2,1H3,(H,15,16)(H,11,12,14)/b13-5-. The average Bonchev–Trinajstić information content (AvgIpc) is 2.66. The molecule has 0 aliphatic heterocycles. The third-order valence-electron chi connectivity index (χ3n) is 1.56. The molecule has 7 nitrogen and oxygen atoms in total. The SMILES string of the molecule is CO/N=C(\C(=O)O)c1nc(NC(=O)CCl)sc1Cl. The number of carbonyl (C=O) groups excluding carboxylic acids is 1. The number of hydrogen-bond donors (Lipinski definition) is 2. The first-order valence-electron chi connectivity index (χ1n) is 4.36. The minimum atomic E-state index is -1.35. The second kappa shape index (κ2) is 6.53. The van der Waals surface area contributed by atoms with Gasteiger partial charge in [-0.3, -0.25) is 4.79 Å². The number of halogens is 2. The lowest BCUT2D eigenvalue weighted by molar-refractivity contribution is -0.129. The number of amides is 1. The van der Waals surface area contributed by atoms with Gasteiger partial charge in [0.1, 0.15) is 23.0 Å². The lowest BCUT2D eigenvalue weighted by Gasteiger charge is -1.97. The third-order valence-corrected chi connectivity index (χ3v) is 2.98. The predicted molar refractivity (Wildman–Crippen MR) is 67.7 cm³/mol. The zero-order valence-corrected chi connectivity index (χ0v) is 11.3. The van der Waals surface area contributed by atoms with E-state index in [1.807, 2.05) is 0 Å². The van der Waals surface area contributed by atoms with Gasteiger partial charge in [0.05, 0.1) is 0 Å². The predicted octanol–water partition coefficient (Wildman–Crippen LogP) is 1.41. The van der Waals surface area contributed by atoms with E-state index in [1.54, 1.807) is 0 Å². The number of alkyl halides is 1. The third kappa shape index (κ3) is 3.56. The quantitative estimate of drug-likeness (QED) is 0.486. The van der Waals surface area contributed by atoms with Crippen LogP contribution < -0.4 is 5.32 Å². The Balaban J connectivity index is 3.07. The van der Waals surface area contributed by atoms with Gasteiger partial charge < -0.3 is 15.3 Å². The molecule has 0 radical (unpaired) electrons. The van der Waals surface area contributed by atoms with Crippen molar-refractivity contribution >= 4 is 57.3 Å². The molecule has 0 aliphatic carbocycles. The first kappa shape index (κ1) is 14.7. The number of hydrogen-bond acceptors (Lipinski definition) is 6. The van der Waals surface area contributed by atoms with Crippen LogP contribution in [0.15, 0.2) is 5.16 Å². The van der Waals surface area contributed by atoms with E-state index < -0.39 is 17.6 Å². The maximum absolute atomic E-state index is 11.0. The van der Waals surface area contributed by atoms with Crippen LogP contribution in [0.1, 0.15) is 5.69 Å². The fourth-order valence-corrected chi connectivity index (χ4v) is 2.06. The van der Waals surface area contributed by atoms with Crippen LogP contribution >= 0.6 is 34.5 Å². The highest BCUT2D eigenvalue weighted by molar-refractivity contribution is 7.20. The Morgan fingerprint density at radius 2 is 2.28 bits per heavy atom. The highest BCUT2D eigenvalue weighted by atomic mass is 35.5. The van der Waals surface area contributed by atoms with Crippen LogP contribution in [0.2, 0.25) is 4.34 Å². The van der Waals surface area contributed by atoms with Crippen molar-refractivity contribution in [2.75, 3.05) is 18.3 Å². The van der Waals surface area contributed by atoms with Crippen LogP contribution in [0.5, 0.6) is 0 Å². The van der Waals surface area contributed by atoms with E-state index in [1.165, 1.54) is 7.11 Å². The molecule has 1 aromatic rings. The zero-order chi connectivity index (χ0) is 13.7. The number of oxime groups is 1. The first-order chi connectivity index (χ1) is 8.49. The van der Waals surface area contributed by atoms with E-state index >= 15 is 0 Å². The topological polar surface area (TPSA) is 101 Å². The molecule has 0 spiro atoms. The van der Waals surface area contributed by atoms with Crippen LogP contribution in [-0.4, -0.2) is 40.7 Å². The summed E-state index contributed by atoms with van der Waals surface area (Å²) in [5.41, 5.74) is -0.536. The van der Waals surface area contributed by atoms with E-state index in [0.29, 0.717) is 0 Å². The Kier molecular flexibility index (Phi) is 5.32. The van der Waals surface area contributed by atoms with Gasteiger partial charge in [0.15, 0.2) is 5.13 Å². The molecular formula is C8H7Cl2N3O4S. The Bertz CT molecular complexity index is 503. The molecule has 2 N–H and O–H groups in total. The lowest BCUT2D eigenvalue weighted by Crippen LogP contribution is -2.16. The molecule has 0 saturated carbocycles. The number of carboxylic acids is 1. The molecule has 0 saturated heterocycles. The van der Waals surface area contributed by atoms with Gasteiger partial charge in [-0.05, 0) is 0 Å². The summed E-state index contributed by atoms with van der Waals surface area (Å²) in [5.74, 6) is -2.07. The molecule has 0 unspecified atom stereocenters. The van der Waals surface area contributed by atoms with Crippen LogP contribution in [0.3, 0.4) is 0 Å². The number of nitrogens with one attached hydrogen (secondary N) is 1. The van der Waals surface area contributed by atoms with E-state index in [4.69, 9.17) is 28.3 Å². The van der Waals surface area contributed by atoms with Crippen molar-refractivity contribution in [1.82, 2.24) is 4.98 Å². The Labute approximate surface area is 115 Å². The average molecular weight is 312 g/mol. The minimum absolute atomic E-state index is 0.0677. The lowest BCUT2D eigenvalue weighted by atomic mass is 10.3. The molecule has 0 aliphatic rings. The van der Waals surface area contributed by atoms with Gasteiger partial charge in [-0.2, -0.15) is 0 Å². The largest absolute Gasteiger partial charge is 0.476 e. The number of rotatable bonds is 5. The Morgan fingerprint density at radius 1 is 1.61 bits per heavy atom. The number of aliphatic carboxylic acids is 1. The second-order valence-corrected chi connectivity index (χ2v) is 4.62. The van der Waals surface area contributed by atoms with Crippen molar-refractivity contribution in [2.24, 2.45) is 5.16 Å². The summed E-state index contributed by atoms with van der Waals surface area (Å²) in [6, 6.07) is 0. The highest BCUT2D eigenvalue weighted by Crippen LogP contribution is 2.28. The molecule has 0 bridgehead atoms. The first-order valence-corrected chi connectivity index (χ1v) is 6.09. The number of carbonyl (C=O) groups is 2. The minimum Gasteiger partial charge on any atom is -0.476 e. The number of thiazole rings is 1. The maximum Gasteiger partial charge on any atom is 0.360 e. The summed E-state index contributed by atoms with van der Waals surface area (Å²) >= 11 is 12.0. The van der Waals surface area contributed by atoms with Gasteiger partial charge in [0.25, 0.3) is 0 Å². The molecule has 18 heavy (non-hydrogen) atoms. The Hall–Kier alpha value is -1.38. The van der Waals surface area contributed by atoms with E-state index in [-0.39, 0.29) is 21.0 Å². The van der Waals surface area contributed by atoms with Crippen molar-refractivity contribution in [3.63, 3.8) is 0 Å². The van der Waals surface area contributed by atoms with Gasteiger partial charge in [-0.1, -0.05) is 28.1 Å². The molecule has 0 atom stereocenters.